The first-order chi connectivity index (χ1) is 19.5. The van der Waals surface area contributed by atoms with Gasteiger partial charge < -0.3 is 20.3 Å². The molecule has 4 aromatic rings. The molecule has 2 N–H and O–H groups in total. The number of carbonyl (C=O) groups is 1. The van der Waals surface area contributed by atoms with Gasteiger partial charge in [-0.3, -0.25) is 9.20 Å². The lowest BCUT2D eigenvalue weighted by Gasteiger charge is -2.26. The van der Waals surface area contributed by atoms with Crippen LogP contribution in [0.25, 0.3) is 26.4 Å². The normalized spacial score (nSPS) is 18.2. The zero-order valence-electron chi connectivity index (χ0n) is 23.3. The van der Waals surface area contributed by atoms with Gasteiger partial charge in [-0.15, -0.1) is 0 Å². The number of benzene rings is 2. The molecule has 0 radical (unpaired) electrons. The first kappa shape index (κ1) is 27.2. The predicted octanol–water partition coefficient (Wildman–Crippen LogP) is 6.17. The number of thiazole rings is 1. The van der Waals surface area contributed by atoms with Crippen molar-refractivity contribution in [2.75, 3.05) is 32.7 Å². The molecule has 2 saturated heterocycles. The van der Waals surface area contributed by atoms with Crippen molar-refractivity contribution in [1.82, 2.24) is 24.9 Å². The fraction of sp³-hybridized carbons (Fsp3) is 0.484. The molecular formula is C31H38FN5O2S. The highest BCUT2D eigenvalue weighted by molar-refractivity contribution is 7.24. The lowest BCUT2D eigenvalue weighted by atomic mass is 10.0. The van der Waals surface area contributed by atoms with Crippen molar-refractivity contribution in [3.05, 3.63) is 53.5 Å². The summed E-state index contributed by atoms with van der Waals surface area (Å²) in [6.07, 6.45) is 8.72. The monoisotopic (exact) mass is 563 g/mol. The summed E-state index contributed by atoms with van der Waals surface area (Å²) in [5.74, 6) is 0.198. The molecule has 0 saturated carbocycles. The summed E-state index contributed by atoms with van der Waals surface area (Å²) in [5, 5.41) is 6.52. The average molecular weight is 564 g/mol. The van der Waals surface area contributed by atoms with E-state index in [1.54, 1.807) is 6.07 Å². The summed E-state index contributed by atoms with van der Waals surface area (Å²) < 4.78 is 24.2. The fourth-order valence-corrected chi connectivity index (χ4v) is 7.01. The van der Waals surface area contributed by atoms with Crippen LogP contribution in [-0.2, 0) is 0 Å². The highest BCUT2D eigenvalue weighted by Crippen LogP contribution is 2.39. The molecule has 2 fully saturated rings. The molecule has 2 aliphatic rings. The minimum Gasteiger partial charge on any atom is -0.489 e. The van der Waals surface area contributed by atoms with Crippen LogP contribution in [0.3, 0.4) is 0 Å². The summed E-state index contributed by atoms with van der Waals surface area (Å²) in [4.78, 5) is 21.2. The Morgan fingerprint density at radius 1 is 1.20 bits per heavy atom. The highest BCUT2D eigenvalue weighted by atomic mass is 32.1. The number of halogens is 1. The fourth-order valence-electron chi connectivity index (χ4n) is 5.91. The second-order valence-electron chi connectivity index (χ2n) is 11.2. The van der Waals surface area contributed by atoms with Crippen molar-refractivity contribution >= 4 is 32.4 Å². The number of hydrogen-bond donors (Lipinski definition) is 2. The topological polar surface area (TPSA) is 70.9 Å². The van der Waals surface area contributed by atoms with E-state index in [2.05, 4.69) is 15.5 Å². The Kier molecular flexibility index (Phi) is 8.05. The number of likely N-dealkylation sites (tertiary alicyclic amines) is 1. The van der Waals surface area contributed by atoms with E-state index in [-0.39, 0.29) is 23.9 Å². The summed E-state index contributed by atoms with van der Waals surface area (Å²) in [6, 6.07) is 9.45. The number of amides is 1. The van der Waals surface area contributed by atoms with Crippen molar-refractivity contribution < 1.29 is 13.9 Å². The van der Waals surface area contributed by atoms with Crippen LogP contribution in [0.4, 0.5) is 4.39 Å². The molecule has 7 nitrogen and oxygen atoms in total. The maximum absolute atomic E-state index is 15.2. The first-order valence-electron chi connectivity index (χ1n) is 14.6. The number of nitrogens with one attached hydrogen (secondary N) is 2. The number of ether oxygens (including phenoxy) is 1. The molecule has 1 amide bonds. The first-order valence-corrected chi connectivity index (χ1v) is 15.4. The van der Waals surface area contributed by atoms with Crippen LogP contribution in [0.15, 0.2) is 36.5 Å². The molecule has 0 bridgehead atoms. The van der Waals surface area contributed by atoms with E-state index in [1.165, 1.54) is 30.6 Å². The molecule has 0 aliphatic carbocycles. The van der Waals surface area contributed by atoms with Crippen LogP contribution in [0.2, 0.25) is 0 Å². The molecule has 2 aromatic carbocycles. The number of aromatic nitrogens is 2. The van der Waals surface area contributed by atoms with Gasteiger partial charge in [-0.25, -0.2) is 9.37 Å². The van der Waals surface area contributed by atoms with Crippen LogP contribution in [-0.4, -0.2) is 59.0 Å². The van der Waals surface area contributed by atoms with Crippen LogP contribution in [0, 0.1) is 5.82 Å². The number of imidazole rings is 1. The Morgan fingerprint density at radius 3 is 2.80 bits per heavy atom. The van der Waals surface area contributed by atoms with Crippen molar-refractivity contribution in [1.29, 1.82) is 0 Å². The number of fused-ring (bicyclic) bond motifs is 3. The largest absolute Gasteiger partial charge is 0.489 e. The van der Waals surface area contributed by atoms with E-state index >= 15 is 4.39 Å². The zero-order valence-corrected chi connectivity index (χ0v) is 24.2. The van der Waals surface area contributed by atoms with E-state index in [4.69, 9.17) is 9.72 Å². The maximum Gasteiger partial charge on any atom is 0.255 e. The third kappa shape index (κ3) is 5.60. The van der Waals surface area contributed by atoms with Crippen molar-refractivity contribution in [3.63, 3.8) is 0 Å². The molecule has 4 heterocycles. The second kappa shape index (κ2) is 11.8. The molecule has 9 heteroatoms. The summed E-state index contributed by atoms with van der Waals surface area (Å²) in [7, 11) is 0. The zero-order chi connectivity index (χ0) is 27.6. The van der Waals surface area contributed by atoms with Crippen molar-refractivity contribution in [2.45, 2.75) is 64.5 Å². The smallest absolute Gasteiger partial charge is 0.255 e. The summed E-state index contributed by atoms with van der Waals surface area (Å²) in [5.41, 5.74) is 3.50. The summed E-state index contributed by atoms with van der Waals surface area (Å²) >= 11 is 1.46. The van der Waals surface area contributed by atoms with E-state index in [1.807, 2.05) is 48.7 Å². The lowest BCUT2D eigenvalue weighted by molar-refractivity contribution is 0.0945. The molecule has 1 atom stereocenters. The standard InChI is InChI=1S/C31H38FN5O2S/c1-20(2)39-28-23(30(38)34-14-7-17-36-15-4-3-5-16-36)11-12-27-29(28)40-31-35-26(19-37(27)31)22-10-9-21(18-24(22)32)25-8-6-13-33-25/h9-12,18-20,25,33H,3-8,13-17H2,1-2H3,(H,34,38)/t25-/m1/s1. The van der Waals surface area contributed by atoms with Gasteiger partial charge in [0.15, 0.2) is 10.7 Å². The predicted molar refractivity (Wildman–Crippen MR) is 159 cm³/mol. The van der Waals surface area contributed by atoms with Crippen LogP contribution < -0.4 is 15.4 Å². The number of nitrogens with zero attached hydrogens (tertiary/aromatic N) is 3. The quantitative estimate of drug-likeness (QED) is 0.238. The maximum atomic E-state index is 15.2. The minimum absolute atomic E-state index is 0.0943. The van der Waals surface area contributed by atoms with Gasteiger partial charge >= 0.3 is 0 Å². The van der Waals surface area contributed by atoms with Crippen LogP contribution in [0.1, 0.15) is 74.3 Å². The summed E-state index contributed by atoms with van der Waals surface area (Å²) in [6.45, 7) is 8.87. The Balaban J connectivity index is 1.24. The van der Waals surface area contributed by atoms with Gasteiger partial charge in [-0.1, -0.05) is 23.8 Å². The molecule has 212 valence electrons. The van der Waals surface area contributed by atoms with Gasteiger partial charge in [0, 0.05) is 24.3 Å². The Hall–Kier alpha value is -3.01. The number of rotatable bonds is 9. The molecule has 2 aliphatic heterocycles. The van der Waals surface area contributed by atoms with Gasteiger partial charge in [0.25, 0.3) is 5.91 Å². The van der Waals surface area contributed by atoms with Gasteiger partial charge in [-0.05, 0) is 102 Å². The van der Waals surface area contributed by atoms with Crippen LogP contribution in [0.5, 0.6) is 5.75 Å². The molecule has 0 spiro atoms. The van der Waals surface area contributed by atoms with E-state index in [9.17, 15) is 4.79 Å². The second-order valence-corrected chi connectivity index (χ2v) is 12.2. The Bertz CT molecular complexity index is 1500. The van der Waals surface area contributed by atoms with Gasteiger partial charge in [0.2, 0.25) is 0 Å². The third-order valence-corrected chi connectivity index (χ3v) is 9.00. The van der Waals surface area contributed by atoms with E-state index < -0.39 is 0 Å². The Morgan fingerprint density at radius 2 is 2.05 bits per heavy atom. The van der Waals surface area contributed by atoms with Crippen molar-refractivity contribution in [2.24, 2.45) is 0 Å². The van der Waals surface area contributed by atoms with Crippen LogP contribution >= 0.6 is 11.3 Å². The van der Waals surface area contributed by atoms with Crippen molar-refractivity contribution in [3.8, 4) is 17.0 Å². The Labute approximate surface area is 238 Å². The number of hydrogen-bond acceptors (Lipinski definition) is 6. The number of carbonyl (C=O) groups excluding carboxylic acids is 1. The van der Waals surface area contributed by atoms with Gasteiger partial charge in [-0.2, -0.15) is 0 Å². The molecule has 6 rings (SSSR count). The van der Waals surface area contributed by atoms with Gasteiger partial charge in [0.1, 0.15) is 5.82 Å². The lowest BCUT2D eigenvalue weighted by Crippen LogP contribution is -2.33. The molecule has 2 aromatic heterocycles. The highest BCUT2D eigenvalue weighted by Gasteiger charge is 2.23. The van der Waals surface area contributed by atoms with E-state index in [0.29, 0.717) is 29.1 Å². The van der Waals surface area contributed by atoms with E-state index in [0.717, 1.165) is 66.2 Å². The number of piperidine rings is 1. The molecule has 0 unspecified atom stereocenters. The van der Waals surface area contributed by atoms with Gasteiger partial charge in [0.05, 0.1) is 27.6 Å². The third-order valence-electron chi connectivity index (χ3n) is 7.93. The molecular weight excluding hydrogens is 525 g/mol. The average Bonchev–Trinajstić information content (AvgIpc) is 3.69. The SMILES string of the molecule is CC(C)Oc1c(C(=O)NCCCN2CCCCC2)ccc2c1sc1nc(-c3ccc([C@H]4CCCN4)cc3F)cn12. The molecule has 40 heavy (non-hydrogen) atoms. The minimum atomic E-state index is -0.260.